The summed E-state index contributed by atoms with van der Waals surface area (Å²) in [6.07, 6.45) is 4.99. The van der Waals surface area contributed by atoms with Gasteiger partial charge in [0, 0.05) is 37.0 Å². The Balaban J connectivity index is 1.76. The number of piperidine rings is 1. The Labute approximate surface area is 150 Å². The van der Waals surface area contributed by atoms with Gasteiger partial charge in [-0.3, -0.25) is 9.59 Å². The van der Waals surface area contributed by atoms with E-state index in [0.29, 0.717) is 13.1 Å². The minimum Gasteiger partial charge on any atom is -0.494 e. The van der Waals surface area contributed by atoms with Crippen LogP contribution in [0, 0.1) is 5.82 Å². The minimum atomic E-state index is -0.566. The lowest BCUT2D eigenvalue weighted by Gasteiger charge is -2.32. The number of hydrogen-bond donors (Lipinski definition) is 1. The lowest BCUT2D eigenvalue weighted by molar-refractivity contribution is -0.118. The van der Waals surface area contributed by atoms with E-state index in [1.165, 1.54) is 19.2 Å². The first kappa shape index (κ1) is 17.9. The van der Waals surface area contributed by atoms with Crippen LogP contribution in [0.1, 0.15) is 34.9 Å². The third-order valence-corrected chi connectivity index (χ3v) is 4.55. The zero-order chi connectivity index (χ0) is 18.7. The molecule has 8 heteroatoms. The number of carbonyl (C=O) groups is 2. The van der Waals surface area contributed by atoms with Crippen molar-refractivity contribution in [2.24, 2.45) is 5.73 Å². The highest BCUT2D eigenvalue weighted by molar-refractivity contribution is 5.94. The van der Waals surface area contributed by atoms with Gasteiger partial charge in [0.2, 0.25) is 5.91 Å². The predicted molar refractivity (Wildman–Crippen MR) is 92.3 cm³/mol. The Morgan fingerprint density at radius 1 is 1.42 bits per heavy atom. The van der Waals surface area contributed by atoms with Gasteiger partial charge >= 0.3 is 0 Å². The van der Waals surface area contributed by atoms with E-state index in [1.54, 1.807) is 27.9 Å². The fourth-order valence-corrected chi connectivity index (χ4v) is 3.34. The molecule has 1 aromatic heterocycles. The van der Waals surface area contributed by atoms with Crippen LogP contribution in [0.25, 0.3) is 0 Å². The number of carbonyl (C=O) groups excluding carboxylic acids is 2. The predicted octanol–water partition coefficient (Wildman–Crippen LogP) is 1.54. The Morgan fingerprint density at radius 3 is 2.92 bits per heavy atom. The Morgan fingerprint density at radius 2 is 2.23 bits per heavy atom. The van der Waals surface area contributed by atoms with Crippen LogP contribution in [0.15, 0.2) is 30.6 Å². The fourth-order valence-electron chi connectivity index (χ4n) is 3.34. The summed E-state index contributed by atoms with van der Waals surface area (Å²) in [6, 6.07) is 4.20. The first-order valence-corrected chi connectivity index (χ1v) is 8.41. The molecule has 1 atom stereocenters. The normalized spacial score (nSPS) is 17.2. The molecule has 0 spiro atoms. The molecular weight excluding hydrogens is 339 g/mol. The van der Waals surface area contributed by atoms with E-state index in [0.717, 1.165) is 18.7 Å². The van der Waals surface area contributed by atoms with Crippen molar-refractivity contribution in [1.82, 2.24) is 14.5 Å². The van der Waals surface area contributed by atoms with Crippen LogP contribution in [0.5, 0.6) is 5.75 Å². The van der Waals surface area contributed by atoms with Crippen LogP contribution < -0.4 is 10.5 Å². The number of nitrogens with two attached hydrogens (primary N) is 1. The Kier molecular flexibility index (Phi) is 5.20. The van der Waals surface area contributed by atoms with Crippen molar-refractivity contribution in [2.45, 2.75) is 25.3 Å². The lowest BCUT2D eigenvalue weighted by Crippen LogP contribution is -2.40. The summed E-state index contributed by atoms with van der Waals surface area (Å²) in [5.74, 6) is -0.395. The van der Waals surface area contributed by atoms with E-state index in [2.05, 4.69) is 4.98 Å². The third kappa shape index (κ3) is 3.68. The van der Waals surface area contributed by atoms with Gasteiger partial charge in [0.25, 0.3) is 5.91 Å². The molecule has 2 N–H and O–H groups in total. The van der Waals surface area contributed by atoms with E-state index in [4.69, 9.17) is 10.5 Å². The van der Waals surface area contributed by atoms with Crippen LogP contribution in [-0.2, 0) is 11.3 Å². The van der Waals surface area contributed by atoms with Crippen molar-refractivity contribution in [3.63, 3.8) is 0 Å². The molecule has 0 saturated carbocycles. The zero-order valence-electron chi connectivity index (χ0n) is 14.5. The Hall–Kier alpha value is -2.90. The standard InChI is InChI=1S/C18H21FN4O3/c1-26-15-5-4-12(9-14(15)19)18(25)23-7-2-3-13(10-23)17-21-6-8-22(17)11-16(20)24/h4-6,8-9,13H,2-3,7,10-11H2,1H3,(H2,20,24). The van der Waals surface area contributed by atoms with Gasteiger partial charge in [0.15, 0.2) is 11.6 Å². The molecular formula is C18H21FN4O3. The maximum Gasteiger partial charge on any atom is 0.253 e. The smallest absolute Gasteiger partial charge is 0.253 e. The second kappa shape index (κ2) is 7.55. The summed E-state index contributed by atoms with van der Waals surface area (Å²) in [7, 11) is 1.38. The zero-order valence-corrected chi connectivity index (χ0v) is 14.5. The summed E-state index contributed by atoms with van der Waals surface area (Å²) in [4.78, 5) is 30.0. The molecule has 138 valence electrons. The molecule has 26 heavy (non-hydrogen) atoms. The first-order chi connectivity index (χ1) is 12.5. The van der Waals surface area contributed by atoms with Crippen molar-refractivity contribution in [3.8, 4) is 5.75 Å². The number of halogens is 1. The molecule has 0 radical (unpaired) electrons. The van der Waals surface area contributed by atoms with Gasteiger partial charge in [-0.25, -0.2) is 9.37 Å². The highest BCUT2D eigenvalue weighted by Gasteiger charge is 2.28. The quantitative estimate of drug-likeness (QED) is 0.876. The van der Waals surface area contributed by atoms with E-state index >= 15 is 0 Å². The number of hydrogen-bond acceptors (Lipinski definition) is 4. The van der Waals surface area contributed by atoms with E-state index < -0.39 is 11.7 Å². The molecule has 2 heterocycles. The van der Waals surface area contributed by atoms with Crippen molar-refractivity contribution >= 4 is 11.8 Å². The van der Waals surface area contributed by atoms with E-state index in [9.17, 15) is 14.0 Å². The number of imidazole rings is 1. The second-order valence-corrected chi connectivity index (χ2v) is 6.32. The number of aromatic nitrogens is 2. The van der Waals surface area contributed by atoms with Gasteiger partial charge in [-0.15, -0.1) is 0 Å². The van der Waals surface area contributed by atoms with E-state index in [1.807, 2.05) is 0 Å². The molecule has 7 nitrogen and oxygen atoms in total. The highest BCUT2D eigenvalue weighted by atomic mass is 19.1. The monoisotopic (exact) mass is 360 g/mol. The first-order valence-electron chi connectivity index (χ1n) is 8.41. The van der Waals surface area contributed by atoms with Crippen molar-refractivity contribution < 1.29 is 18.7 Å². The summed E-state index contributed by atoms with van der Waals surface area (Å²) >= 11 is 0. The molecule has 1 saturated heterocycles. The molecule has 3 rings (SSSR count). The van der Waals surface area contributed by atoms with E-state index in [-0.39, 0.29) is 29.7 Å². The van der Waals surface area contributed by atoms with Crippen LogP contribution in [0.4, 0.5) is 4.39 Å². The topological polar surface area (TPSA) is 90.4 Å². The van der Waals surface area contributed by atoms with Crippen molar-refractivity contribution in [1.29, 1.82) is 0 Å². The number of benzene rings is 1. The van der Waals surface area contributed by atoms with Crippen molar-refractivity contribution in [2.75, 3.05) is 20.2 Å². The SMILES string of the molecule is COc1ccc(C(=O)N2CCCC(c3nccn3CC(N)=O)C2)cc1F. The second-order valence-electron chi connectivity index (χ2n) is 6.32. The summed E-state index contributed by atoms with van der Waals surface area (Å²) in [5, 5.41) is 0. The fraction of sp³-hybridized carbons (Fsp3) is 0.389. The molecule has 2 aromatic rings. The number of rotatable bonds is 5. The molecule has 1 unspecified atom stereocenters. The van der Waals surface area contributed by atoms with Gasteiger partial charge in [-0.05, 0) is 31.0 Å². The molecule has 1 aliphatic heterocycles. The molecule has 1 fully saturated rings. The summed E-state index contributed by atoms with van der Waals surface area (Å²) in [6.45, 7) is 1.12. The van der Waals surface area contributed by atoms with Crippen molar-refractivity contribution in [3.05, 3.63) is 47.8 Å². The number of ether oxygens (including phenoxy) is 1. The molecule has 0 aliphatic carbocycles. The van der Waals surface area contributed by atoms with Crippen LogP contribution >= 0.6 is 0 Å². The molecule has 1 aliphatic rings. The van der Waals surface area contributed by atoms with Crippen LogP contribution in [0.2, 0.25) is 0 Å². The van der Waals surface area contributed by atoms with Crippen LogP contribution in [0.3, 0.4) is 0 Å². The van der Waals surface area contributed by atoms with Crippen LogP contribution in [-0.4, -0.2) is 46.5 Å². The number of likely N-dealkylation sites (tertiary alicyclic amines) is 1. The molecule has 1 aromatic carbocycles. The Bertz CT molecular complexity index is 821. The van der Waals surface area contributed by atoms with Gasteiger partial charge in [-0.1, -0.05) is 0 Å². The average Bonchev–Trinajstić information content (AvgIpc) is 3.08. The average molecular weight is 360 g/mol. The lowest BCUT2D eigenvalue weighted by atomic mass is 9.96. The summed E-state index contributed by atoms with van der Waals surface area (Å²) in [5.41, 5.74) is 5.56. The van der Waals surface area contributed by atoms with Gasteiger partial charge in [0.05, 0.1) is 7.11 Å². The number of primary amides is 1. The maximum atomic E-state index is 13.9. The molecule has 0 bridgehead atoms. The number of amides is 2. The van der Waals surface area contributed by atoms with Gasteiger partial charge in [0.1, 0.15) is 12.4 Å². The largest absolute Gasteiger partial charge is 0.494 e. The molecule has 2 amide bonds. The summed E-state index contributed by atoms with van der Waals surface area (Å²) < 4.78 is 20.5. The minimum absolute atomic E-state index is 0.00476. The third-order valence-electron chi connectivity index (χ3n) is 4.55. The number of methoxy groups -OCH3 is 1. The van der Waals surface area contributed by atoms with Gasteiger partial charge < -0.3 is 19.9 Å². The maximum absolute atomic E-state index is 13.9. The highest BCUT2D eigenvalue weighted by Crippen LogP contribution is 2.27. The van der Waals surface area contributed by atoms with Gasteiger partial charge in [-0.2, -0.15) is 0 Å². The number of nitrogens with zero attached hydrogens (tertiary/aromatic N) is 3.